The Kier molecular flexibility index (Phi) is 4.84. The molecule has 0 bridgehead atoms. The van der Waals surface area contributed by atoms with Gasteiger partial charge in [0.15, 0.2) is 0 Å². The van der Waals surface area contributed by atoms with E-state index < -0.39 is 0 Å². The van der Waals surface area contributed by atoms with E-state index in [4.69, 9.17) is 10.5 Å². The Morgan fingerprint density at radius 2 is 1.87 bits per heavy atom. The summed E-state index contributed by atoms with van der Waals surface area (Å²) in [6, 6.07) is 17.0. The van der Waals surface area contributed by atoms with E-state index in [-0.39, 0.29) is 6.04 Å². The minimum atomic E-state index is 0.265. The van der Waals surface area contributed by atoms with E-state index in [1.165, 1.54) is 15.6 Å². The number of thiophene rings is 1. The number of ether oxygens (including phenoxy) is 1. The molecule has 3 aromatic rings. The van der Waals surface area contributed by atoms with Crippen LogP contribution in [0.5, 0.6) is 5.75 Å². The van der Waals surface area contributed by atoms with Gasteiger partial charge in [-0.2, -0.15) is 0 Å². The third-order valence-electron chi connectivity index (χ3n) is 4.32. The highest BCUT2D eigenvalue weighted by Crippen LogP contribution is 2.28. The van der Waals surface area contributed by atoms with E-state index in [0.29, 0.717) is 6.54 Å². The van der Waals surface area contributed by atoms with Crippen LogP contribution in [0.3, 0.4) is 0 Å². The molecule has 3 nitrogen and oxygen atoms in total. The van der Waals surface area contributed by atoms with Gasteiger partial charge in [-0.05, 0) is 53.1 Å². The Morgan fingerprint density at radius 3 is 2.57 bits per heavy atom. The smallest absolute Gasteiger partial charge is 0.119 e. The number of hydrogen-bond donors (Lipinski definition) is 1. The molecule has 120 valence electrons. The second-order valence-electron chi connectivity index (χ2n) is 5.66. The van der Waals surface area contributed by atoms with Crippen molar-refractivity contribution in [3.63, 3.8) is 0 Å². The standard InChI is InChI=1S/C19H22N2OS/c1-21(15-7-9-17(22-2)10-8-15)16(12-20)11-14-13-23-19-6-4-3-5-18(14)19/h3-10,13,16H,11-12,20H2,1-2H3. The first-order chi connectivity index (χ1) is 11.2. The van der Waals surface area contributed by atoms with Gasteiger partial charge in [-0.15, -0.1) is 11.3 Å². The molecule has 0 aliphatic carbocycles. The fraction of sp³-hybridized carbons (Fsp3) is 0.263. The molecule has 4 heteroatoms. The quantitative estimate of drug-likeness (QED) is 0.746. The highest BCUT2D eigenvalue weighted by atomic mass is 32.1. The van der Waals surface area contributed by atoms with Crippen molar-refractivity contribution in [2.24, 2.45) is 5.73 Å². The molecule has 3 rings (SSSR count). The van der Waals surface area contributed by atoms with Crippen LogP contribution in [0.25, 0.3) is 10.1 Å². The largest absolute Gasteiger partial charge is 0.497 e. The monoisotopic (exact) mass is 326 g/mol. The number of benzene rings is 2. The summed E-state index contributed by atoms with van der Waals surface area (Å²) in [7, 11) is 3.79. The van der Waals surface area contributed by atoms with E-state index in [1.54, 1.807) is 18.4 Å². The summed E-state index contributed by atoms with van der Waals surface area (Å²) >= 11 is 1.80. The van der Waals surface area contributed by atoms with Gasteiger partial charge >= 0.3 is 0 Å². The molecule has 1 aromatic heterocycles. The predicted molar refractivity (Wildman–Crippen MR) is 99.8 cm³/mol. The zero-order chi connectivity index (χ0) is 16.2. The number of methoxy groups -OCH3 is 1. The molecule has 1 unspecified atom stereocenters. The summed E-state index contributed by atoms with van der Waals surface area (Å²) in [5.41, 5.74) is 8.59. The molecule has 0 radical (unpaired) electrons. The molecule has 0 fully saturated rings. The van der Waals surface area contributed by atoms with E-state index in [9.17, 15) is 0 Å². The lowest BCUT2D eigenvalue weighted by molar-refractivity contribution is 0.415. The van der Waals surface area contributed by atoms with Crippen LogP contribution in [0.1, 0.15) is 5.56 Å². The first kappa shape index (κ1) is 15.8. The number of nitrogens with two attached hydrogens (primary N) is 1. The van der Waals surface area contributed by atoms with Crippen molar-refractivity contribution >= 4 is 27.1 Å². The number of anilines is 1. The van der Waals surface area contributed by atoms with Crippen LogP contribution in [0, 0.1) is 0 Å². The SMILES string of the molecule is COc1ccc(N(C)C(CN)Cc2csc3ccccc23)cc1. The zero-order valence-corrected chi connectivity index (χ0v) is 14.3. The molecular weight excluding hydrogens is 304 g/mol. The maximum absolute atomic E-state index is 6.06. The zero-order valence-electron chi connectivity index (χ0n) is 13.5. The molecule has 0 aliphatic rings. The van der Waals surface area contributed by atoms with Crippen LogP contribution in [0.15, 0.2) is 53.9 Å². The van der Waals surface area contributed by atoms with Crippen molar-refractivity contribution < 1.29 is 4.74 Å². The average Bonchev–Trinajstić information content (AvgIpc) is 3.02. The van der Waals surface area contributed by atoms with Crippen molar-refractivity contribution in [1.82, 2.24) is 0 Å². The number of rotatable bonds is 6. The molecule has 0 aliphatic heterocycles. The van der Waals surface area contributed by atoms with Crippen molar-refractivity contribution in [3.05, 3.63) is 59.5 Å². The molecule has 1 heterocycles. The number of likely N-dealkylation sites (N-methyl/N-ethyl adjacent to an activating group) is 1. The Labute approximate surface area is 141 Å². The average molecular weight is 326 g/mol. The Morgan fingerprint density at radius 1 is 1.13 bits per heavy atom. The minimum absolute atomic E-state index is 0.265. The van der Waals surface area contributed by atoms with Crippen LogP contribution in [0.4, 0.5) is 5.69 Å². The summed E-state index contributed by atoms with van der Waals surface area (Å²) < 4.78 is 6.57. The number of nitrogens with zero attached hydrogens (tertiary/aromatic N) is 1. The highest BCUT2D eigenvalue weighted by molar-refractivity contribution is 7.17. The minimum Gasteiger partial charge on any atom is -0.497 e. The summed E-state index contributed by atoms with van der Waals surface area (Å²) in [4.78, 5) is 2.26. The first-order valence-corrected chi connectivity index (χ1v) is 8.63. The van der Waals surface area contributed by atoms with E-state index in [2.05, 4.69) is 53.7 Å². The summed E-state index contributed by atoms with van der Waals surface area (Å²) in [6.07, 6.45) is 0.947. The molecule has 0 amide bonds. The van der Waals surface area contributed by atoms with Crippen LogP contribution < -0.4 is 15.4 Å². The molecule has 0 saturated carbocycles. The van der Waals surface area contributed by atoms with Crippen molar-refractivity contribution in [2.75, 3.05) is 25.6 Å². The van der Waals surface area contributed by atoms with Gasteiger partial charge in [0, 0.05) is 30.0 Å². The van der Waals surface area contributed by atoms with Gasteiger partial charge in [0.1, 0.15) is 5.75 Å². The maximum atomic E-state index is 6.06. The maximum Gasteiger partial charge on any atom is 0.119 e. The van der Waals surface area contributed by atoms with Gasteiger partial charge in [0.25, 0.3) is 0 Å². The molecule has 1 atom stereocenters. The topological polar surface area (TPSA) is 38.5 Å². The second-order valence-corrected chi connectivity index (χ2v) is 6.57. The first-order valence-electron chi connectivity index (χ1n) is 7.75. The predicted octanol–water partition coefficient (Wildman–Crippen LogP) is 3.92. The van der Waals surface area contributed by atoms with E-state index >= 15 is 0 Å². The number of fused-ring (bicyclic) bond motifs is 1. The molecule has 2 aromatic carbocycles. The van der Waals surface area contributed by atoms with Crippen molar-refractivity contribution in [2.45, 2.75) is 12.5 Å². The summed E-state index contributed by atoms with van der Waals surface area (Å²) in [5, 5.41) is 3.61. The van der Waals surface area contributed by atoms with Gasteiger partial charge in [-0.25, -0.2) is 0 Å². The molecule has 0 spiro atoms. The molecule has 23 heavy (non-hydrogen) atoms. The van der Waals surface area contributed by atoms with Crippen LogP contribution in [-0.4, -0.2) is 26.7 Å². The second kappa shape index (κ2) is 7.02. The number of hydrogen-bond acceptors (Lipinski definition) is 4. The molecule has 0 saturated heterocycles. The Balaban J connectivity index is 1.81. The van der Waals surface area contributed by atoms with Gasteiger partial charge in [-0.3, -0.25) is 0 Å². The van der Waals surface area contributed by atoms with Crippen LogP contribution >= 0.6 is 11.3 Å². The third-order valence-corrected chi connectivity index (χ3v) is 5.33. The lowest BCUT2D eigenvalue weighted by Crippen LogP contribution is -2.39. The van der Waals surface area contributed by atoms with E-state index in [1.807, 2.05) is 12.1 Å². The van der Waals surface area contributed by atoms with Gasteiger partial charge in [-0.1, -0.05) is 18.2 Å². The van der Waals surface area contributed by atoms with Gasteiger partial charge < -0.3 is 15.4 Å². The fourth-order valence-electron chi connectivity index (χ4n) is 2.85. The van der Waals surface area contributed by atoms with Gasteiger partial charge in [0.2, 0.25) is 0 Å². The lowest BCUT2D eigenvalue weighted by atomic mass is 10.0. The van der Waals surface area contributed by atoms with Gasteiger partial charge in [0.05, 0.1) is 7.11 Å². The molecular formula is C19H22N2OS. The Hall–Kier alpha value is -2.04. The lowest BCUT2D eigenvalue weighted by Gasteiger charge is -2.29. The molecule has 2 N–H and O–H groups in total. The van der Waals surface area contributed by atoms with Crippen LogP contribution in [-0.2, 0) is 6.42 Å². The van der Waals surface area contributed by atoms with Crippen molar-refractivity contribution in [3.8, 4) is 5.75 Å². The summed E-state index contributed by atoms with van der Waals surface area (Å²) in [5.74, 6) is 0.871. The highest BCUT2D eigenvalue weighted by Gasteiger charge is 2.16. The van der Waals surface area contributed by atoms with Crippen LogP contribution in [0.2, 0.25) is 0 Å². The Bertz CT molecular complexity index is 766. The van der Waals surface area contributed by atoms with E-state index in [0.717, 1.165) is 17.9 Å². The normalized spacial score (nSPS) is 12.3. The third kappa shape index (κ3) is 3.33. The fourth-order valence-corrected chi connectivity index (χ4v) is 3.83. The van der Waals surface area contributed by atoms with Crippen molar-refractivity contribution in [1.29, 1.82) is 0 Å². The summed E-state index contributed by atoms with van der Waals surface area (Å²) in [6.45, 7) is 0.618.